The van der Waals surface area contributed by atoms with Gasteiger partial charge in [0.25, 0.3) is 5.56 Å². The second-order valence-electron chi connectivity index (χ2n) is 7.31. The number of benzene rings is 1. The molecule has 11 heteroatoms. The van der Waals surface area contributed by atoms with E-state index in [2.05, 4.69) is 15.5 Å². The molecule has 1 amide bonds. The molecule has 1 aliphatic heterocycles. The fourth-order valence-electron chi connectivity index (χ4n) is 3.62. The second kappa shape index (κ2) is 9.06. The van der Waals surface area contributed by atoms with Crippen LogP contribution in [0.25, 0.3) is 11.4 Å². The Morgan fingerprint density at radius 3 is 2.81 bits per heavy atom. The molecule has 1 aromatic carbocycles. The van der Waals surface area contributed by atoms with E-state index in [0.717, 1.165) is 12.1 Å². The van der Waals surface area contributed by atoms with Crippen LogP contribution in [-0.4, -0.2) is 71.9 Å². The van der Waals surface area contributed by atoms with Crippen LogP contribution in [-0.2, 0) is 16.6 Å². The Morgan fingerprint density at radius 2 is 2.06 bits per heavy atom. The Balaban J connectivity index is 1.57. The summed E-state index contributed by atoms with van der Waals surface area (Å²) in [6.45, 7) is 5.62. The standard InChI is InChI=1S/C20H25N7O3S/c1-4-16-12-25(10-11-30-16)17(28)13-31-20-21-22-23-26(20)18-14(2)24(3)27(19(18)29)15-8-6-5-7-9-15/h5-9,16H,4,10-13H2,1-3H3. The summed E-state index contributed by atoms with van der Waals surface area (Å²) in [5.74, 6) is 0.197. The molecule has 0 radical (unpaired) electrons. The summed E-state index contributed by atoms with van der Waals surface area (Å²) >= 11 is 1.22. The van der Waals surface area contributed by atoms with Gasteiger partial charge in [0.15, 0.2) is 5.69 Å². The fraction of sp³-hybridized carbons (Fsp3) is 0.450. The van der Waals surface area contributed by atoms with E-state index >= 15 is 0 Å². The molecule has 1 unspecified atom stereocenters. The van der Waals surface area contributed by atoms with E-state index in [1.807, 2.05) is 56.1 Å². The van der Waals surface area contributed by atoms with Crippen molar-refractivity contribution in [3.05, 3.63) is 46.4 Å². The van der Waals surface area contributed by atoms with E-state index < -0.39 is 0 Å². The average Bonchev–Trinajstić information content (AvgIpc) is 3.34. The minimum atomic E-state index is -0.231. The number of tetrazole rings is 1. The number of aromatic nitrogens is 6. The highest BCUT2D eigenvalue weighted by molar-refractivity contribution is 7.99. The molecule has 2 aromatic heterocycles. The van der Waals surface area contributed by atoms with Crippen LogP contribution in [0.3, 0.4) is 0 Å². The van der Waals surface area contributed by atoms with Crippen LogP contribution in [0.4, 0.5) is 0 Å². The molecule has 0 aliphatic carbocycles. The number of carbonyl (C=O) groups is 1. The first-order valence-electron chi connectivity index (χ1n) is 10.2. The third kappa shape index (κ3) is 4.15. The summed E-state index contributed by atoms with van der Waals surface area (Å²) in [4.78, 5) is 27.7. The van der Waals surface area contributed by atoms with Gasteiger partial charge in [-0.2, -0.15) is 4.68 Å². The summed E-state index contributed by atoms with van der Waals surface area (Å²) in [5.41, 5.74) is 1.60. The normalized spacial score (nSPS) is 16.6. The lowest BCUT2D eigenvalue weighted by Gasteiger charge is -2.32. The average molecular weight is 444 g/mol. The molecule has 4 rings (SSSR count). The SMILES string of the molecule is CCC1CN(C(=O)CSc2nnnn2-c2c(C)n(C)n(-c3ccccc3)c2=O)CCO1. The maximum absolute atomic E-state index is 13.2. The highest BCUT2D eigenvalue weighted by Gasteiger charge is 2.25. The van der Waals surface area contributed by atoms with Gasteiger partial charge in [0, 0.05) is 20.1 Å². The molecular formula is C20H25N7O3S. The first kappa shape index (κ1) is 21.3. The van der Waals surface area contributed by atoms with E-state index in [1.165, 1.54) is 16.4 Å². The quantitative estimate of drug-likeness (QED) is 0.528. The van der Waals surface area contributed by atoms with E-state index in [9.17, 15) is 9.59 Å². The van der Waals surface area contributed by atoms with Crippen molar-refractivity contribution in [2.45, 2.75) is 31.5 Å². The highest BCUT2D eigenvalue weighted by Crippen LogP contribution is 2.21. The number of rotatable bonds is 6. The molecule has 1 fully saturated rings. The van der Waals surface area contributed by atoms with Gasteiger partial charge in [0.05, 0.1) is 29.8 Å². The molecule has 3 aromatic rings. The van der Waals surface area contributed by atoms with Crippen LogP contribution in [0.5, 0.6) is 0 Å². The summed E-state index contributed by atoms with van der Waals surface area (Å²) in [5, 5.41) is 12.2. The molecule has 164 valence electrons. The van der Waals surface area contributed by atoms with Crippen molar-refractivity contribution in [3.63, 3.8) is 0 Å². The van der Waals surface area contributed by atoms with Crippen molar-refractivity contribution in [1.29, 1.82) is 0 Å². The Bertz CT molecular complexity index is 1120. The Kier molecular flexibility index (Phi) is 6.23. The number of hydrogen-bond acceptors (Lipinski definition) is 7. The zero-order valence-electron chi connectivity index (χ0n) is 17.8. The predicted molar refractivity (Wildman–Crippen MR) is 116 cm³/mol. The lowest BCUT2D eigenvalue weighted by Crippen LogP contribution is -2.46. The van der Waals surface area contributed by atoms with Crippen LogP contribution in [0.15, 0.2) is 40.3 Å². The third-order valence-electron chi connectivity index (χ3n) is 5.45. The van der Waals surface area contributed by atoms with Gasteiger partial charge < -0.3 is 9.64 Å². The molecule has 0 spiro atoms. The molecule has 0 saturated carbocycles. The number of amides is 1. The van der Waals surface area contributed by atoms with Crippen LogP contribution in [0.1, 0.15) is 19.0 Å². The number of carbonyl (C=O) groups excluding carboxylic acids is 1. The zero-order valence-corrected chi connectivity index (χ0v) is 18.6. The van der Waals surface area contributed by atoms with Gasteiger partial charge in [-0.15, -0.1) is 5.10 Å². The Hall–Kier alpha value is -2.92. The molecule has 0 N–H and O–H groups in total. The topological polar surface area (TPSA) is 100 Å². The van der Waals surface area contributed by atoms with Gasteiger partial charge in [-0.05, 0) is 35.9 Å². The van der Waals surface area contributed by atoms with Gasteiger partial charge in [-0.25, -0.2) is 4.68 Å². The van der Waals surface area contributed by atoms with Crippen molar-refractivity contribution in [3.8, 4) is 11.4 Å². The summed E-state index contributed by atoms with van der Waals surface area (Å²) in [6, 6.07) is 9.38. The fourth-order valence-corrected chi connectivity index (χ4v) is 4.40. The number of para-hydroxylation sites is 1. The smallest absolute Gasteiger partial charge is 0.297 e. The molecule has 10 nitrogen and oxygen atoms in total. The van der Waals surface area contributed by atoms with Gasteiger partial charge in [-0.3, -0.25) is 14.3 Å². The van der Waals surface area contributed by atoms with Gasteiger partial charge in [0.2, 0.25) is 11.1 Å². The second-order valence-corrected chi connectivity index (χ2v) is 8.26. The Labute approximate surface area is 183 Å². The molecule has 0 bridgehead atoms. The van der Waals surface area contributed by atoms with Crippen LogP contribution in [0.2, 0.25) is 0 Å². The van der Waals surface area contributed by atoms with Gasteiger partial charge in [-0.1, -0.05) is 36.9 Å². The number of hydrogen-bond donors (Lipinski definition) is 0. The first-order valence-corrected chi connectivity index (χ1v) is 11.1. The van der Waals surface area contributed by atoms with Crippen molar-refractivity contribution >= 4 is 17.7 Å². The van der Waals surface area contributed by atoms with E-state index in [4.69, 9.17) is 4.74 Å². The monoisotopic (exact) mass is 443 g/mol. The summed E-state index contributed by atoms with van der Waals surface area (Å²) in [6.07, 6.45) is 0.951. The first-order chi connectivity index (χ1) is 15.0. The zero-order chi connectivity index (χ0) is 22.0. The van der Waals surface area contributed by atoms with Gasteiger partial charge in [0.1, 0.15) is 0 Å². The van der Waals surface area contributed by atoms with Crippen LogP contribution >= 0.6 is 11.8 Å². The highest BCUT2D eigenvalue weighted by atomic mass is 32.2. The molecular weight excluding hydrogens is 418 g/mol. The molecule has 1 saturated heterocycles. The van der Waals surface area contributed by atoms with Gasteiger partial charge >= 0.3 is 0 Å². The van der Waals surface area contributed by atoms with Crippen molar-refractivity contribution in [2.24, 2.45) is 7.05 Å². The predicted octanol–water partition coefficient (Wildman–Crippen LogP) is 1.19. The minimum absolute atomic E-state index is 0.00720. The largest absolute Gasteiger partial charge is 0.375 e. The van der Waals surface area contributed by atoms with Crippen LogP contribution < -0.4 is 5.56 Å². The maximum atomic E-state index is 13.2. The molecule has 1 atom stereocenters. The lowest BCUT2D eigenvalue weighted by molar-refractivity contribution is -0.135. The summed E-state index contributed by atoms with van der Waals surface area (Å²) < 4.78 is 10.4. The van der Waals surface area contributed by atoms with E-state index in [0.29, 0.717) is 36.2 Å². The van der Waals surface area contributed by atoms with E-state index in [1.54, 1.807) is 9.36 Å². The maximum Gasteiger partial charge on any atom is 0.297 e. The Morgan fingerprint density at radius 1 is 1.29 bits per heavy atom. The van der Waals surface area contributed by atoms with Crippen molar-refractivity contribution < 1.29 is 9.53 Å². The number of morpholine rings is 1. The number of nitrogens with zero attached hydrogens (tertiary/aromatic N) is 7. The third-order valence-corrected chi connectivity index (χ3v) is 6.35. The van der Waals surface area contributed by atoms with Crippen LogP contribution in [0, 0.1) is 6.92 Å². The number of thioether (sulfide) groups is 1. The summed E-state index contributed by atoms with van der Waals surface area (Å²) in [7, 11) is 1.82. The molecule has 31 heavy (non-hydrogen) atoms. The molecule has 1 aliphatic rings. The molecule has 3 heterocycles. The minimum Gasteiger partial charge on any atom is -0.375 e. The van der Waals surface area contributed by atoms with Crippen molar-refractivity contribution in [1.82, 2.24) is 34.5 Å². The van der Waals surface area contributed by atoms with Crippen molar-refractivity contribution in [2.75, 3.05) is 25.4 Å². The number of ether oxygens (including phenoxy) is 1. The van der Waals surface area contributed by atoms with E-state index in [-0.39, 0.29) is 23.3 Å². The lowest BCUT2D eigenvalue weighted by atomic mass is 10.2.